The Bertz CT molecular complexity index is 370. The second-order valence-electron chi connectivity index (χ2n) is 3.15. The van der Waals surface area contributed by atoms with Gasteiger partial charge in [0.1, 0.15) is 11.5 Å². The Labute approximate surface area is 85.7 Å². The van der Waals surface area contributed by atoms with Crippen LogP contribution < -0.4 is 5.32 Å². The number of aliphatic hydroxyl groups is 1. The molecule has 6 heteroatoms. The predicted molar refractivity (Wildman–Crippen MR) is 53.2 cm³/mol. The maximum Gasteiger partial charge on any atom is 0.295 e. The number of nitro benzene ring substituents is 1. The summed E-state index contributed by atoms with van der Waals surface area (Å²) in [6.45, 7) is 1.50. The number of hydrogen-bond donors (Lipinski definition) is 2. The third-order valence-corrected chi connectivity index (χ3v) is 1.83. The molecule has 1 aromatic carbocycles. The van der Waals surface area contributed by atoms with E-state index >= 15 is 0 Å². The second-order valence-corrected chi connectivity index (χ2v) is 3.15. The van der Waals surface area contributed by atoms with Gasteiger partial charge in [-0.1, -0.05) is 0 Å². The summed E-state index contributed by atoms with van der Waals surface area (Å²) in [6.07, 6.45) is 0. The van der Waals surface area contributed by atoms with Gasteiger partial charge in [-0.25, -0.2) is 4.39 Å². The molecule has 0 aliphatic rings. The van der Waals surface area contributed by atoms with E-state index in [9.17, 15) is 14.5 Å². The molecule has 1 rings (SSSR count). The minimum Gasteiger partial charge on any atom is -0.394 e. The molecule has 1 atom stereocenters. The summed E-state index contributed by atoms with van der Waals surface area (Å²) in [5.41, 5.74) is -0.141. The largest absolute Gasteiger partial charge is 0.394 e. The number of nitrogens with one attached hydrogen (secondary N) is 1. The first kappa shape index (κ1) is 11.4. The molecule has 0 heterocycles. The van der Waals surface area contributed by atoms with Crippen molar-refractivity contribution in [3.8, 4) is 0 Å². The topological polar surface area (TPSA) is 75.4 Å². The highest BCUT2D eigenvalue weighted by atomic mass is 19.1. The van der Waals surface area contributed by atoms with E-state index < -0.39 is 10.7 Å². The van der Waals surface area contributed by atoms with Gasteiger partial charge in [-0.2, -0.15) is 0 Å². The Morgan fingerprint density at radius 2 is 2.33 bits per heavy atom. The van der Waals surface area contributed by atoms with Gasteiger partial charge >= 0.3 is 0 Å². The number of benzene rings is 1. The summed E-state index contributed by atoms with van der Waals surface area (Å²) in [5, 5.41) is 22.1. The van der Waals surface area contributed by atoms with Crippen LogP contribution in [0.25, 0.3) is 0 Å². The third-order valence-electron chi connectivity index (χ3n) is 1.83. The Hall–Kier alpha value is -1.69. The number of aliphatic hydroxyl groups excluding tert-OH is 1. The Morgan fingerprint density at radius 1 is 1.67 bits per heavy atom. The number of nitrogens with zero attached hydrogens (tertiary/aromatic N) is 1. The first-order valence-electron chi connectivity index (χ1n) is 4.36. The van der Waals surface area contributed by atoms with Crippen molar-refractivity contribution < 1.29 is 14.4 Å². The molecule has 15 heavy (non-hydrogen) atoms. The van der Waals surface area contributed by atoms with Crippen molar-refractivity contribution in [3.63, 3.8) is 0 Å². The lowest BCUT2D eigenvalue weighted by atomic mass is 10.2. The minimum absolute atomic E-state index is 0.158. The standard InChI is InChI=1S/C9H11FN2O3/c1-6(5-13)11-8-3-2-7(10)4-9(8)12(14)15/h2-4,6,11,13H,5H2,1H3/t6-/m0/s1. The number of rotatable bonds is 4. The highest BCUT2D eigenvalue weighted by Gasteiger charge is 2.15. The van der Waals surface area contributed by atoms with Crippen LogP contribution in [0.1, 0.15) is 6.92 Å². The van der Waals surface area contributed by atoms with Crippen molar-refractivity contribution in [3.05, 3.63) is 34.1 Å². The van der Waals surface area contributed by atoms with Gasteiger partial charge in [-0.15, -0.1) is 0 Å². The molecular formula is C9H11FN2O3. The summed E-state index contributed by atoms with van der Waals surface area (Å²) >= 11 is 0. The Balaban J connectivity index is 3.01. The maximum atomic E-state index is 12.7. The lowest BCUT2D eigenvalue weighted by Gasteiger charge is -2.12. The molecule has 0 spiro atoms. The molecule has 2 N–H and O–H groups in total. The molecule has 5 nitrogen and oxygen atoms in total. The van der Waals surface area contributed by atoms with E-state index in [2.05, 4.69) is 5.32 Å². The Kier molecular flexibility index (Phi) is 3.56. The van der Waals surface area contributed by atoms with Gasteiger partial charge in [-0.05, 0) is 19.1 Å². The molecule has 0 saturated heterocycles. The van der Waals surface area contributed by atoms with E-state index in [0.717, 1.165) is 12.1 Å². The molecule has 0 radical (unpaired) electrons. The van der Waals surface area contributed by atoms with E-state index in [-0.39, 0.29) is 24.0 Å². The lowest BCUT2D eigenvalue weighted by Crippen LogP contribution is -2.19. The van der Waals surface area contributed by atoms with Crippen LogP contribution >= 0.6 is 0 Å². The van der Waals surface area contributed by atoms with Gasteiger partial charge in [0.05, 0.1) is 17.6 Å². The second kappa shape index (κ2) is 4.70. The average molecular weight is 214 g/mol. The van der Waals surface area contributed by atoms with Crippen LogP contribution in [0.3, 0.4) is 0 Å². The van der Waals surface area contributed by atoms with E-state index in [4.69, 9.17) is 5.11 Å². The quantitative estimate of drug-likeness (QED) is 0.588. The van der Waals surface area contributed by atoms with Crippen molar-refractivity contribution in [1.29, 1.82) is 0 Å². The number of nitro groups is 1. The molecule has 0 saturated carbocycles. The zero-order valence-electron chi connectivity index (χ0n) is 8.11. The van der Waals surface area contributed by atoms with Crippen LogP contribution in [0.5, 0.6) is 0 Å². The fourth-order valence-electron chi connectivity index (χ4n) is 1.09. The summed E-state index contributed by atoms with van der Waals surface area (Å²) in [5.74, 6) is -0.663. The SMILES string of the molecule is C[C@@H](CO)Nc1ccc(F)cc1[N+](=O)[O-]. The molecule has 1 aromatic rings. The van der Waals surface area contributed by atoms with Crippen molar-refractivity contribution in [2.45, 2.75) is 13.0 Å². The van der Waals surface area contributed by atoms with Crippen molar-refractivity contribution in [2.75, 3.05) is 11.9 Å². The van der Waals surface area contributed by atoms with Crippen molar-refractivity contribution >= 4 is 11.4 Å². The third kappa shape index (κ3) is 2.88. The van der Waals surface area contributed by atoms with E-state index in [0.29, 0.717) is 0 Å². The fourth-order valence-corrected chi connectivity index (χ4v) is 1.09. The lowest BCUT2D eigenvalue weighted by molar-refractivity contribution is -0.384. The molecule has 0 bridgehead atoms. The summed E-state index contributed by atoms with van der Waals surface area (Å²) in [6, 6.07) is 2.92. The van der Waals surface area contributed by atoms with Crippen LogP contribution in [0.4, 0.5) is 15.8 Å². The molecule has 0 unspecified atom stereocenters. The van der Waals surface area contributed by atoms with Gasteiger partial charge in [0.2, 0.25) is 0 Å². The maximum absolute atomic E-state index is 12.7. The molecule has 0 amide bonds. The van der Waals surface area contributed by atoms with Gasteiger partial charge in [-0.3, -0.25) is 10.1 Å². The minimum atomic E-state index is -0.671. The van der Waals surface area contributed by atoms with Gasteiger partial charge in [0.15, 0.2) is 0 Å². The monoisotopic (exact) mass is 214 g/mol. The zero-order valence-corrected chi connectivity index (χ0v) is 8.11. The molecule has 0 aliphatic heterocycles. The van der Waals surface area contributed by atoms with Gasteiger partial charge < -0.3 is 10.4 Å². The number of halogens is 1. The normalized spacial score (nSPS) is 12.2. The first-order valence-corrected chi connectivity index (χ1v) is 4.36. The van der Waals surface area contributed by atoms with Crippen LogP contribution in [0.2, 0.25) is 0 Å². The van der Waals surface area contributed by atoms with Gasteiger partial charge in [0, 0.05) is 6.04 Å². The van der Waals surface area contributed by atoms with Crippen molar-refractivity contribution in [2.24, 2.45) is 0 Å². The molecule has 0 aliphatic carbocycles. The Morgan fingerprint density at radius 3 is 2.87 bits per heavy atom. The molecular weight excluding hydrogens is 203 g/mol. The predicted octanol–water partition coefficient (Wildman–Crippen LogP) is 1.53. The number of hydrogen-bond acceptors (Lipinski definition) is 4. The highest BCUT2D eigenvalue weighted by molar-refractivity contribution is 5.61. The summed E-state index contributed by atoms with van der Waals surface area (Å²) in [4.78, 5) is 9.91. The summed E-state index contributed by atoms with van der Waals surface area (Å²) in [7, 11) is 0. The average Bonchev–Trinajstić information content (AvgIpc) is 2.20. The van der Waals surface area contributed by atoms with Crippen LogP contribution in [-0.2, 0) is 0 Å². The van der Waals surface area contributed by atoms with Crippen LogP contribution in [-0.4, -0.2) is 22.7 Å². The molecule has 0 fully saturated rings. The smallest absolute Gasteiger partial charge is 0.295 e. The van der Waals surface area contributed by atoms with E-state index in [1.165, 1.54) is 6.07 Å². The molecule has 82 valence electrons. The first-order chi connectivity index (χ1) is 7.04. The zero-order chi connectivity index (χ0) is 11.4. The highest BCUT2D eigenvalue weighted by Crippen LogP contribution is 2.25. The van der Waals surface area contributed by atoms with Crippen LogP contribution in [0, 0.1) is 15.9 Å². The van der Waals surface area contributed by atoms with Crippen LogP contribution in [0.15, 0.2) is 18.2 Å². The molecule has 0 aromatic heterocycles. The van der Waals surface area contributed by atoms with E-state index in [1.54, 1.807) is 6.92 Å². The van der Waals surface area contributed by atoms with E-state index in [1.807, 2.05) is 0 Å². The number of anilines is 1. The fraction of sp³-hybridized carbons (Fsp3) is 0.333. The summed E-state index contributed by atoms with van der Waals surface area (Å²) < 4.78 is 12.7. The van der Waals surface area contributed by atoms with Crippen molar-refractivity contribution in [1.82, 2.24) is 0 Å². The van der Waals surface area contributed by atoms with Gasteiger partial charge in [0.25, 0.3) is 5.69 Å².